The average molecular weight is 452 g/mol. The Kier molecular flexibility index (Phi) is 6.92. The van der Waals surface area contributed by atoms with E-state index in [1.54, 1.807) is 34.8 Å². The van der Waals surface area contributed by atoms with Crippen LogP contribution in [0.1, 0.15) is 32.6 Å². The molecule has 30 heavy (non-hydrogen) atoms. The van der Waals surface area contributed by atoms with Crippen LogP contribution in [0.25, 0.3) is 0 Å². The summed E-state index contributed by atoms with van der Waals surface area (Å²) in [5, 5.41) is 2.68. The molecule has 0 aliphatic carbocycles. The van der Waals surface area contributed by atoms with Crippen molar-refractivity contribution >= 4 is 21.4 Å². The standard InChI is InChI=1S/C21H29N3O4S2/c1-2-27-18-3-5-20(6-4-18)30(25,26)24-14-7-17(8-15-24)23-12-9-19(10-13-23)28-21-22-11-16-29-21/h3-6,11,16-17,19H,2,7-10,12-15H2,1H3. The summed E-state index contributed by atoms with van der Waals surface area (Å²) < 4.78 is 39.0. The maximum atomic E-state index is 13.0. The Balaban J connectivity index is 1.27. The minimum Gasteiger partial charge on any atom is -0.494 e. The second kappa shape index (κ2) is 9.64. The molecule has 164 valence electrons. The number of rotatable bonds is 7. The molecule has 0 N–H and O–H groups in total. The van der Waals surface area contributed by atoms with Crippen LogP contribution >= 0.6 is 11.3 Å². The summed E-state index contributed by atoms with van der Waals surface area (Å²) in [4.78, 5) is 7.04. The molecule has 7 nitrogen and oxygen atoms in total. The summed E-state index contributed by atoms with van der Waals surface area (Å²) in [5.74, 6) is 0.692. The molecular weight excluding hydrogens is 422 g/mol. The molecule has 2 aliphatic heterocycles. The van der Waals surface area contributed by atoms with Crippen LogP contribution in [0.5, 0.6) is 10.9 Å². The first-order valence-electron chi connectivity index (χ1n) is 10.6. The highest BCUT2D eigenvalue weighted by Gasteiger charge is 2.33. The van der Waals surface area contributed by atoms with Gasteiger partial charge in [0.15, 0.2) is 0 Å². The monoisotopic (exact) mass is 451 g/mol. The van der Waals surface area contributed by atoms with E-state index in [2.05, 4.69) is 9.88 Å². The fourth-order valence-electron chi connectivity index (χ4n) is 4.24. The van der Waals surface area contributed by atoms with Crippen molar-refractivity contribution in [1.82, 2.24) is 14.2 Å². The van der Waals surface area contributed by atoms with Gasteiger partial charge in [-0.3, -0.25) is 0 Å². The van der Waals surface area contributed by atoms with E-state index in [1.807, 2.05) is 12.3 Å². The van der Waals surface area contributed by atoms with Crippen molar-refractivity contribution in [1.29, 1.82) is 0 Å². The van der Waals surface area contributed by atoms with Gasteiger partial charge in [-0.1, -0.05) is 11.3 Å². The van der Waals surface area contributed by atoms with E-state index in [4.69, 9.17) is 9.47 Å². The van der Waals surface area contributed by atoms with Gasteiger partial charge in [0.25, 0.3) is 5.19 Å². The van der Waals surface area contributed by atoms with Gasteiger partial charge in [0.2, 0.25) is 10.0 Å². The highest BCUT2D eigenvalue weighted by Crippen LogP contribution is 2.27. The lowest BCUT2D eigenvalue weighted by molar-refractivity contribution is 0.0584. The molecule has 3 heterocycles. The van der Waals surface area contributed by atoms with Gasteiger partial charge >= 0.3 is 0 Å². The van der Waals surface area contributed by atoms with Crippen LogP contribution in [0.15, 0.2) is 40.7 Å². The molecule has 2 aliphatic rings. The van der Waals surface area contributed by atoms with E-state index in [0.29, 0.717) is 36.4 Å². The summed E-state index contributed by atoms with van der Waals surface area (Å²) in [5.41, 5.74) is 0. The SMILES string of the molecule is CCOc1ccc(S(=O)(=O)N2CCC(N3CCC(Oc4nccs4)CC3)CC2)cc1. The molecule has 0 unspecified atom stereocenters. The minimum atomic E-state index is -3.45. The van der Waals surface area contributed by atoms with E-state index < -0.39 is 10.0 Å². The van der Waals surface area contributed by atoms with Gasteiger partial charge in [0, 0.05) is 43.8 Å². The lowest BCUT2D eigenvalue weighted by atomic mass is 10.00. The zero-order chi connectivity index (χ0) is 21.0. The Morgan fingerprint density at radius 2 is 1.77 bits per heavy atom. The first-order valence-corrected chi connectivity index (χ1v) is 12.9. The summed E-state index contributed by atoms with van der Waals surface area (Å²) in [7, 11) is -3.45. The molecule has 1 aromatic carbocycles. The molecular formula is C21H29N3O4S2. The number of likely N-dealkylation sites (tertiary alicyclic amines) is 1. The van der Waals surface area contributed by atoms with Gasteiger partial charge < -0.3 is 14.4 Å². The van der Waals surface area contributed by atoms with Crippen LogP contribution in [-0.4, -0.2) is 67.5 Å². The third-order valence-electron chi connectivity index (χ3n) is 5.87. The first kappa shape index (κ1) is 21.5. The Bertz CT molecular complexity index is 887. The zero-order valence-electron chi connectivity index (χ0n) is 17.3. The van der Waals surface area contributed by atoms with E-state index in [1.165, 1.54) is 11.3 Å². The maximum absolute atomic E-state index is 13.0. The van der Waals surface area contributed by atoms with Crippen LogP contribution in [0.3, 0.4) is 0 Å². The molecule has 2 fully saturated rings. The van der Waals surface area contributed by atoms with Gasteiger partial charge in [0.05, 0.1) is 11.5 Å². The number of thiazole rings is 1. The smallest absolute Gasteiger partial charge is 0.273 e. The highest BCUT2D eigenvalue weighted by molar-refractivity contribution is 7.89. The quantitative estimate of drug-likeness (QED) is 0.644. The van der Waals surface area contributed by atoms with Crippen molar-refractivity contribution in [2.45, 2.75) is 49.6 Å². The van der Waals surface area contributed by atoms with Crippen molar-refractivity contribution < 1.29 is 17.9 Å². The molecule has 0 atom stereocenters. The largest absolute Gasteiger partial charge is 0.494 e. The van der Waals surface area contributed by atoms with Crippen molar-refractivity contribution in [2.75, 3.05) is 32.8 Å². The van der Waals surface area contributed by atoms with Crippen LogP contribution in [0.4, 0.5) is 0 Å². The maximum Gasteiger partial charge on any atom is 0.273 e. The number of hydrogen-bond acceptors (Lipinski definition) is 7. The number of hydrogen-bond donors (Lipinski definition) is 0. The Labute approximate surface area is 182 Å². The number of sulfonamides is 1. The lowest BCUT2D eigenvalue weighted by Crippen LogP contribution is -2.50. The predicted molar refractivity (Wildman–Crippen MR) is 117 cm³/mol. The summed E-state index contributed by atoms with van der Waals surface area (Å²) in [6, 6.07) is 7.17. The van der Waals surface area contributed by atoms with Crippen molar-refractivity contribution in [3.05, 3.63) is 35.8 Å². The van der Waals surface area contributed by atoms with E-state index in [-0.39, 0.29) is 6.10 Å². The van der Waals surface area contributed by atoms with Crippen molar-refractivity contribution in [2.24, 2.45) is 0 Å². The number of benzene rings is 1. The molecule has 2 saturated heterocycles. The normalized spacial score (nSPS) is 20.3. The van der Waals surface area contributed by atoms with Gasteiger partial charge in [0.1, 0.15) is 11.9 Å². The van der Waals surface area contributed by atoms with Crippen LogP contribution in [0.2, 0.25) is 0 Å². The van der Waals surface area contributed by atoms with Crippen LogP contribution < -0.4 is 9.47 Å². The second-order valence-electron chi connectivity index (χ2n) is 7.69. The lowest BCUT2D eigenvalue weighted by Gasteiger charge is -2.41. The van der Waals surface area contributed by atoms with E-state index >= 15 is 0 Å². The molecule has 0 radical (unpaired) electrons. The minimum absolute atomic E-state index is 0.229. The Morgan fingerprint density at radius 1 is 1.07 bits per heavy atom. The van der Waals surface area contributed by atoms with E-state index in [9.17, 15) is 8.42 Å². The molecule has 0 spiro atoms. The first-order chi connectivity index (χ1) is 14.6. The van der Waals surface area contributed by atoms with Gasteiger partial charge in [-0.15, -0.1) is 0 Å². The van der Waals surface area contributed by atoms with Gasteiger partial charge in [-0.25, -0.2) is 13.4 Å². The van der Waals surface area contributed by atoms with E-state index in [0.717, 1.165) is 44.0 Å². The second-order valence-corrected chi connectivity index (χ2v) is 10.5. The van der Waals surface area contributed by atoms with Crippen molar-refractivity contribution in [3.63, 3.8) is 0 Å². The summed E-state index contributed by atoms with van der Waals surface area (Å²) in [6.07, 6.45) is 5.72. The van der Waals surface area contributed by atoms with Crippen molar-refractivity contribution in [3.8, 4) is 10.9 Å². The molecule has 9 heteroatoms. The van der Waals surface area contributed by atoms with Gasteiger partial charge in [-0.2, -0.15) is 4.31 Å². The van der Waals surface area contributed by atoms with Crippen LogP contribution in [0, 0.1) is 0 Å². The molecule has 2 aromatic rings. The number of aromatic nitrogens is 1. The van der Waals surface area contributed by atoms with Crippen LogP contribution in [-0.2, 0) is 10.0 Å². The number of nitrogens with zero attached hydrogens (tertiary/aromatic N) is 3. The third kappa shape index (κ3) is 4.96. The van der Waals surface area contributed by atoms with Gasteiger partial charge in [-0.05, 0) is 56.9 Å². The molecule has 0 amide bonds. The fraction of sp³-hybridized carbons (Fsp3) is 0.571. The zero-order valence-corrected chi connectivity index (χ0v) is 18.9. The molecule has 1 aromatic heterocycles. The Morgan fingerprint density at radius 3 is 2.37 bits per heavy atom. The third-order valence-corrected chi connectivity index (χ3v) is 8.44. The molecule has 0 saturated carbocycles. The predicted octanol–water partition coefficient (Wildman–Crippen LogP) is 3.24. The Hall–Kier alpha value is -1.68. The highest BCUT2D eigenvalue weighted by atomic mass is 32.2. The summed E-state index contributed by atoms with van der Waals surface area (Å²) in [6.45, 7) is 5.59. The summed E-state index contributed by atoms with van der Waals surface area (Å²) >= 11 is 1.53. The number of piperidine rings is 2. The average Bonchev–Trinajstić information content (AvgIpc) is 3.28. The topological polar surface area (TPSA) is 72.0 Å². The molecule has 0 bridgehead atoms. The molecule has 4 rings (SSSR count). The number of ether oxygens (including phenoxy) is 2. The fourth-order valence-corrected chi connectivity index (χ4v) is 6.26.